The Morgan fingerprint density at radius 1 is 1.16 bits per heavy atom. The molecule has 0 saturated carbocycles. The molecule has 0 fully saturated rings. The topological polar surface area (TPSA) is 66.4 Å². The molecule has 0 bridgehead atoms. The predicted octanol–water partition coefficient (Wildman–Crippen LogP) is 3.15. The van der Waals surface area contributed by atoms with Gasteiger partial charge in [0.15, 0.2) is 0 Å². The number of phenolic OH excluding ortho intramolecular Hbond substituents is 1. The molecule has 0 aromatic heterocycles. The van der Waals surface area contributed by atoms with Gasteiger partial charge in [0.2, 0.25) is 0 Å². The van der Waals surface area contributed by atoms with E-state index in [-0.39, 0.29) is 10.6 Å². The first-order chi connectivity index (χ1) is 8.88. The molecule has 0 aliphatic carbocycles. The lowest BCUT2D eigenvalue weighted by molar-refractivity contribution is 0.475. The molecule has 0 spiro atoms. The maximum absolute atomic E-state index is 12.1. The first-order valence-electron chi connectivity index (χ1n) is 5.46. The van der Waals surface area contributed by atoms with E-state index >= 15 is 0 Å². The second-order valence-corrected chi connectivity index (χ2v) is 6.16. The van der Waals surface area contributed by atoms with E-state index in [2.05, 4.69) is 4.72 Å². The number of phenols is 1. The van der Waals surface area contributed by atoms with Gasteiger partial charge in [-0.15, -0.1) is 0 Å². The average molecular weight is 298 g/mol. The highest BCUT2D eigenvalue weighted by Gasteiger charge is 2.15. The summed E-state index contributed by atoms with van der Waals surface area (Å²) in [5.41, 5.74) is 0.980. The Morgan fingerprint density at radius 3 is 2.53 bits per heavy atom. The largest absolute Gasteiger partial charge is 0.508 e. The number of rotatable bonds is 3. The van der Waals surface area contributed by atoms with Crippen molar-refractivity contribution < 1.29 is 13.5 Å². The highest BCUT2D eigenvalue weighted by atomic mass is 35.5. The fourth-order valence-corrected chi connectivity index (χ4v) is 2.82. The van der Waals surface area contributed by atoms with Gasteiger partial charge < -0.3 is 5.11 Å². The van der Waals surface area contributed by atoms with Gasteiger partial charge in [0.25, 0.3) is 10.0 Å². The second-order valence-electron chi connectivity index (χ2n) is 4.07. The Morgan fingerprint density at radius 2 is 1.89 bits per heavy atom. The van der Waals surface area contributed by atoms with Gasteiger partial charge in [0.05, 0.1) is 10.6 Å². The summed E-state index contributed by atoms with van der Waals surface area (Å²) in [6, 6.07) is 10.4. The number of halogens is 1. The number of hydrogen-bond acceptors (Lipinski definition) is 3. The highest BCUT2D eigenvalue weighted by Crippen LogP contribution is 2.23. The Balaban J connectivity index is 2.35. The normalized spacial score (nSPS) is 11.3. The molecule has 2 rings (SSSR count). The van der Waals surface area contributed by atoms with Gasteiger partial charge >= 0.3 is 0 Å². The number of hydrogen-bond donors (Lipinski definition) is 2. The fourth-order valence-electron chi connectivity index (χ4n) is 1.57. The number of anilines is 1. The van der Waals surface area contributed by atoms with E-state index in [1.54, 1.807) is 19.1 Å². The van der Waals surface area contributed by atoms with Gasteiger partial charge in [0, 0.05) is 11.1 Å². The molecule has 2 aromatic rings. The van der Waals surface area contributed by atoms with Gasteiger partial charge in [-0.25, -0.2) is 8.42 Å². The van der Waals surface area contributed by atoms with Gasteiger partial charge in [0.1, 0.15) is 5.75 Å². The van der Waals surface area contributed by atoms with Gasteiger partial charge in [-0.3, -0.25) is 4.72 Å². The average Bonchev–Trinajstić information content (AvgIpc) is 2.32. The molecule has 100 valence electrons. The third-order valence-corrected chi connectivity index (χ3v) is 4.34. The van der Waals surface area contributed by atoms with Crippen LogP contribution in [0.3, 0.4) is 0 Å². The summed E-state index contributed by atoms with van der Waals surface area (Å²) in [6.07, 6.45) is 0. The minimum atomic E-state index is -3.69. The van der Waals surface area contributed by atoms with Crippen molar-refractivity contribution >= 4 is 27.3 Å². The number of aryl methyl sites for hydroxylation is 1. The zero-order valence-electron chi connectivity index (χ0n) is 10.1. The smallest absolute Gasteiger partial charge is 0.261 e. The molecule has 0 amide bonds. The summed E-state index contributed by atoms with van der Waals surface area (Å²) >= 11 is 5.86. The Bertz CT molecular complexity index is 714. The minimum Gasteiger partial charge on any atom is -0.508 e. The van der Waals surface area contributed by atoms with Crippen molar-refractivity contribution in [1.82, 2.24) is 0 Å². The van der Waals surface area contributed by atoms with E-state index in [4.69, 9.17) is 11.6 Å². The molecule has 6 heteroatoms. The van der Waals surface area contributed by atoms with Crippen molar-refractivity contribution in [1.29, 1.82) is 0 Å². The van der Waals surface area contributed by atoms with Crippen molar-refractivity contribution in [3.63, 3.8) is 0 Å². The molecule has 0 atom stereocenters. The third kappa shape index (κ3) is 3.19. The second kappa shape index (κ2) is 5.11. The first kappa shape index (κ1) is 13.7. The van der Waals surface area contributed by atoms with Crippen LogP contribution in [0.1, 0.15) is 5.56 Å². The molecule has 2 N–H and O–H groups in total. The molecule has 4 nitrogen and oxygen atoms in total. The van der Waals surface area contributed by atoms with Crippen LogP contribution in [0.25, 0.3) is 0 Å². The van der Waals surface area contributed by atoms with Crippen LogP contribution in [-0.4, -0.2) is 13.5 Å². The quantitative estimate of drug-likeness (QED) is 0.914. The Labute approximate surface area is 116 Å². The van der Waals surface area contributed by atoms with E-state index in [0.29, 0.717) is 16.3 Å². The Hall–Kier alpha value is -1.72. The summed E-state index contributed by atoms with van der Waals surface area (Å²) < 4.78 is 26.7. The van der Waals surface area contributed by atoms with E-state index in [9.17, 15) is 13.5 Å². The van der Waals surface area contributed by atoms with Crippen LogP contribution < -0.4 is 4.72 Å². The molecule has 0 aliphatic heterocycles. The van der Waals surface area contributed by atoms with Crippen molar-refractivity contribution in [3.05, 3.63) is 53.1 Å². The Kier molecular flexibility index (Phi) is 3.68. The maximum atomic E-state index is 12.1. The van der Waals surface area contributed by atoms with Crippen molar-refractivity contribution in [2.75, 3.05) is 4.72 Å². The SMILES string of the molecule is Cc1cc(S(=O)(=O)Nc2cccc(O)c2)ccc1Cl. The van der Waals surface area contributed by atoms with Gasteiger partial charge in [-0.2, -0.15) is 0 Å². The van der Waals surface area contributed by atoms with Crippen LogP contribution in [0.5, 0.6) is 5.75 Å². The number of sulfonamides is 1. The zero-order valence-corrected chi connectivity index (χ0v) is 11.7. The first-order valence-corrected chi connectivity index (χ1v) is 7.32. The molecular weight excluding hydrogens is 286 g/mol. The van der Waals surface area contributed by atoms with E-state index in [0.717, 1.165) is 0 Å². The lowest BCUT2D eigenvalue weighted by atomic mass is 10.2. The number of benzene rings is 2. The lowest BCUT2D eigenvalue weighted by Gasteiger charge is -2.09. The van der Waals surface area contributed by atoms with Crippen molar-refractivity contribution in [2.24, 2.45) is 0 Å². The number of aromatic hydroxyl groups is 1. The van der Waals surface area contributed by atoms with Crippen LogP contribution >= 0.6 is 11.6 Å². The van der Waals surface area contributed by atoms with Crippen molar-refractivity contribution in [3.8, 4) is 5.75 Å². The standard InChI is InChI=1S/C13H12ClNO3S/c1-9-7-12(5-6-13(9)14)19(17,18)15-10-3-2-4-11(16)8-10/h2-8,15-16H,1H3. The van der Waals surface area contributed by atoms with Crippen LogP contribution in [0.15, 0.2) is 47.4 Å². The molecular formula is C13H12ClNO3S. The molecule has 19 heavy (non-hydrogen) atoms. The molecule has 0 unspecified atom stereocenters. The maximum Gasteiger partial charge on any atom is 0.261 e. The molecule has 0 radical (unpaired) electrons. The van der Waals surface area contributed by atoms with E-state index in [1.165, 1.54) is 30.3 Å². The molecule has 2 aromatic carbocycles. The molecule has 0 saturated heterocycles. The molecule has 0 heterocycles. The van der Waals surface area contributed by atoms with Gasteiger partial charge in [-0.05, 0) is 42.8 Å². The summed E-state index contributed by atoms with van der Waals surface area (Å²) in [5, 5.41) is 9.82. The van der Waals surface area contributed by atoms with Crippen LogP contribution in [-0.2, 0) is 10.0 Å². The molecule has 0 aliphatic rings. The zero-order chi connectivity index (χ0) is 14.0. The van der Waals surface area contributed by atoms with E-state index < -0.39 is 10.0 Å². The highest BCUT2D eigenvalue weighted by molar-refractivity contribution is 7.92. The minimum absolute atomic E-state index is 0.00696. The summed E-state index contributed by atoms with van der Waals surface area (Å²) in [6.45, 7) is 1.73. The van der Waals surface area contributed by atoms with Crippen LogP contribution in [0.4, 0.5) is 5.69 Å². The van der Waals surface area contributed by atoms with Crippen LogP contribution in [0, 0.1) is 6.92 Å². The van der Waals surface area contributed by atoms with Gasteiger partial charge in [-0.1, -0.05) is 17.7 Å². The lowest BCUT2D eigenvalue weighted by Crippen LogP contribution is -2.13. The predicted molar refractivity (Wildman–Crippen MR) is 75.1 cm³/mol. The van der Waals surface area contributed by atoms with E-state index in [1.807, 2.05) is 0 Å². The number of nitrogens with one attached hydrogen (secondary N) is 1. The summed E-state index contributed by atoms with van der Waals surface area (Å²) in [7, 11) is -3.69. The van der Waals surface area contributed by atoms with Crippen molar-refractivity contribution in [2.45, 2.75) is 11.8 Å². The third-order valence-electron chi connectivity index (χ3n) is 2.54. The summed E-state index contributed by atoms with van der Waals surface area (Å²) in [5.74, 6) is -0.00696. The fraction of sp³-hybridized carbons (Fsp3) is 0.0769. The summed E-state index contributed by atoms with van der Waals surface area (Å²) in [4.78, 5) is 0.123. The van der Waals surface area contributed by atoms with Crippen LogP contribution in [0.2, 0.25) is 5.02 Å². The monoisotopic (exact) mass is 297 g/mol.